The molecule has 1 fully saturated rings. The molecule has 0 bridgehead atoms. The van der Waals surface area contributed by atoms with Crippen LogP contribution in [0.2, 0.25) is 0 Å². The molecule has 6 heteroatoms. The zero-order chi connectivity index (χ0) is 16.6. The lowest BCUT2D eigenvalue weighted by Gasteiger charge is -2.34. The lowest BCUT2D eigenvalue weighted by molar-refractivity contribution is -0.137. The number of carbonyl (C=O) groups is 2. The molecule has 126 valence electrons. The predicted octanol–water partition coefficient (Wildman–Crippen LogP) is 1.65. The first kappa shape index (κ1) is 16.0. The van der Waals surface area contributed by atoms with Crippen LogP contribution < -0.4 is 5.32 Å². The highest BCUT2D eigenvalue weighted by Crippen LogP contribution is 2.26. The Morgan fingerprint density at radius 1 is 1.35 bits per heavy atom. The molecule has 0 saturated heterocycles. The van der Waals surface area contributed by atoms with Crippen LogP contribution in [0.3, 0.4) is 0 Å². The molecule has 1 saturated carbocycles. The van der Waals surface area contributed by atoms with Crippen molar-refractivity contribution < 1.29 is 9.59 Å². The number of nitrogens with zero attached hydrogens (tertiary/aromatic N) is 3. The van der Waals surface area contributed by atoms with Gasteiger partial charge in [-0.2, -0.15) is 0 Å². The topological polar surface area (TPSA) is 67.2 Å². The van der Waals surface area contributed by atoms with Crippen LogP contribution in [0.4, 0.5) is 0 Å². The van der Waals surface area contributed by atoms with Gasteiger partial charge in [-0.05, 0) is 26.2 Å². The molecule has 2 amide bonds. The number of hydrogen-bond donors (Lipinski definition) is 1. The van der Waals surface area contributed by atoms with Crippen LogP contribution in [0.15, 0.2) is 6.20 Å². The monoisotopic (exact) mass is 318 g/mol. The molecular formula is C17H26N4O2. The Kier molecular flexibility index (Phi) is 4.41. The minimum absolute atomic E-state index is 0.00770. The summed E-state index contributed by atoms with van der Waals surface area (Å²) in [5.74, 6) is 1.09. The summed E-state index contributed by atoms with van der Waals surface area (Å²) in [5, 5.41) is 3.05. The van der Waals surface area contributed by atoms with Crippen molar-refractivity contribution in [3.63, 3.8) is 0 Å². The van der Waals surface area contributed by atoms with Gasteiger partial charge in [0, 0.05) is 31.2 Å². The molecule has 23 heavy (non-hydrogen) atoms. The van der Waals surface area contributed by atoms with Crippen LogP contribution in [-0.4, -0.2) is 38.9 Å². The second kappa shape index (κ2) is 6.34. The minimum Gasteiger partial charge on any atom is -0.353 e. The zero-order valence-corrected chi connectivity index (χ0v) is 14.2. The molecule has 1 atom stereocenters. The molecule has 1 unspecified atom stereocenters. The fourth-order valence-electron chi connectivity index (χ4n) is 3.26. The van der Waals surface area contributed by atoms with E-state index in [1.807, 2.05) is 31.9 Å². The molecule has 1 N–H and O–H groups in total. The van der Waals surface area contributed by atoms with Crippen LogP contribution in [0.1, 0.15) is 57.6 Å². The Morgan fingerprint density at radius 2 is 2.09 bits per heavy atom. The molecule has 0 spiro atoms. The summed E-state index contributed by atoms with van der Waals surface area (Å²) < 4.78 is 2.08. The van der Waals surface area contributed by atoms with E-state index in [2.05, 4.69) is 14.9 Å². The summed E-state index contributed by atoms with van der Waals surface area (Å²) in [6.45, 7) is 7.31. The highest BCUT2D eigenvalue weighted by atomic mass is 16.2. The van der Waals surface area contributed by atoms with E-state index in [4.69, 9.17) is 0 Å². The number of fused-ring (bicyclic) bond motifs is 1. The number of amides is 2. The molecule has 1 aromatic heterocycles. The third kappa shape index (κ3) is 3.26. The maximum Gasteiger partial charge on any atom is 0.226 e. The Labute approximate surface area is 137 Å². The molecule has 1 aliphatic heterocycles. The van der Waals surface area contributed by atoms with Crippen molar-refractivity contribution in [2.45, 2.75) is 65.1 Å². The van der Waals surface area contributed by atoms with Crippen molar-refractivity contribution in [1.82, 2.24) is 19.8 Å². The summed E-state index contributed by atoms with van der Waals surface area (Å²) in [6.07, 6.45) is 5.68. The van der Waals surface area contributed by atoms with E-state index < -0.39 is 0 Å². The quantitative estimate of drug-likeness (QED) is 0.918. The van der Waals surface area contributed by atoms with Gasteiger partial charge in [-0.1, -0.05) is 13.8 Å². The van der Waals surface area contributed by atoms with Gasteiger partial charge in [-0.3, -0.25) is 9.59 Å². The van der Waals surface area contributed by atoms with Crippen molar-refractivity contribution in [3.05, 3.63) is 17.7 Å². The van der Waals surface area contributed by atoms with Crippen LogP contribution in [0.25, 0.3) is 0 Å². The second-order valence-corrected chi connectivity index (χ2v) is 7.02. The van der Waals surface area contributed by atoms with E-state index in [-0.39, 0.29) is 23.8 Å². The fourth-order valence-corrected chi connectivity index (χ4v) is 3.26. The molecule has 0 aromatic carbocycles. The standard InChI is InChI=1S/C17H26N4O2/c1-11(2)17(23)21-8-7-20-10-14(19-16(20)12(21)3)9-15(22)18-13-5-4-6-13/h10-13H,4-9H2,1-3H3,(H,18,22). The van der Waals surface area contributed by atoms with Crippen molar-refractivity contribution in [2.24, 2.45) is 5.92 Å². The lowest BCUT2D eigenvalue weighted by atomic mass is 9.93. The molecular weight excluding hydrogens is 292 g/mol. The zero-order valence-electron chi connectivity index (χ0n) is 14.2. The van der Waals surface area contributed by atoms with Crippen molar-refractivity contribution >= 4 is 11.8 Å². The van der Waals surface area contributed by atoms with Crippen LogP contribution >= 0.6 is 0 Å². The third-order valence-corrected chi connectivity index (χ3v) is 4.87. The van der Waals surface area contributed by atoms with Gasteiger partial charge in [0.15, 0.2) is 0 Å². The van der Waals surface area contributed by atoms with Crippen molar-refractivity contribution in [3.8, 4) is 0 Å². The van der Waals surface area contributed by atoms with Gasteiger partial charge in [0.2, 0.25) is 11.8 Å². The molecule has 2 aliphatic rings. The average Bonchev–Trinajstić information content (AvgIpc) is 2.86. The summed E-state index contributed by atoms with van der Waals surface area (Å²) >= 11 is 0. The molecule has 3 rings (SSSR count). The number of rotatable bonds is 4. The van der Waals surface area contributed by atoms with Crippen molar-refractivity contribution in [2.75, 3.05) is 6.54 Å². The summed E-state index contributed by atoms with van der Waals surface area (Å²) in [4.78, 5) is 30.9. The smallest absolute Gasteiger partial charge is 0.226 e. The normalized spacial score (nSPS) is 21.0. The van der Waals surface area contributed by atoms with Crippen LogP contribution in [-0.2, 0) is 22.6 Å². The highest BCUT2D eigenvalue weighted by Gasteiger charge is 2.31. The van der Waals surface area contributed by atoms with Gasteiger partial charge in [0.25, 0.3) is 0 Å². The maximum atomic E-state index is 12.3. The van der Waals surface area contributed by atoms with Crippen LogP contribution in [0, 0.1) is 5.92 Å². The Hall–Kier alpha value is -1.85. The van der Waals surface area contributed by atoms with Gasteiger partial charge in [0.1, 0.15) is 5.82 Å². The second-order valence-electron chi connectivity index (χ2n) is 7.02. The minimum atomic E-state index is -0.0397. The van der Waals surface area contributed by atoms with Crippen LogP contribution in [0.5, 0.6) is 0 Å². The molecule has 2 heterocycles. The van der Waals surface area contributed by atoms with E-state index in [1.165, 1.54) is 6.42 Å². The number of aromatic nitrogens is 2. The number of nitrogens with one attached hydrogen (secondary N) is 1. The number of imidazole rings is 1. The molecule has 0 radical (unpaired) electrons. The number of carbonyl (C=O) groups excluding carboxylic acids is 2. The van der Waals surface area contributed by atoms with Crippen molar-refractivity contribution in [1.29, 1.82) is 0 Å². The molecule has 1 aliphatic carbocycles. The Bertz CT molecular complexity index is 604. The SMILES string of the molecule is CC(C)C(=O)N1CCn2cc(CC(=O)NC3CCC3)nc2C1C. The van der Waals surface area contributed by atoms with E-state index in [1.54, 1.807) is 0 Å². The molecule has 1 aromatic rings. The largest absolute Gasteiger partial charge is 0.353 e. The van der Waals surface area contributed by atoms with Gasteiger partial charge < -0.3 is 14.8 Å². The predicted molar refractivity (Wildman–Crippen MR) is 86.7 cm³/mol. The van der Waals surface area contributed by atoms with E-state index in [9.17, 15) is 9.59 Å². The van der Waals surface area contributed by atoms with E-state index in [0.717, 1.165) is 30.9 Å². The first-order chi connectivity index (χ1) is 11.0. The highest BCUT2D eigenvalue weighted by molar-refractivity contribution is 5.79. The van der Waals surface area contributed by atoms with E-state index in [0.29, 0.717) is 19.0 Å². The first-order valence-electron chi connectivity index (χ1n) is 8.61. The van der Waals surface area contributed by atoms with Gasteiger partial charge in [-0.15, -0.1) is 0 Å². The van der Waals surface area contributed by atoms with Gasteiger partial charge in [-0.25, -0.2) is 4.98 Å². The summed E-state index contributed by atoms with van der Waals surface area (Å²) in [7, 11) is 0. The van der Waals surface area contributed by atoms with Gasteiger partial charge in [0.05, 0.1) is 18.2 Å². The Balaban J connectivity index is 1.67. The fraction of sp³-hybridized carbons (Fsp3) is 0.706. The maximum absolute atomic E-state index is 12.3. The lowest BCUT2D eigenvalue weighted by Crippen LogP contribution is -2.42. The molecule has 6 nitrogen and oxygen atoms in total. The summed E-state index contributed by atoms with van der Waals surface area (Å²) in [6, 6.07) is 0.319. The third-order valence-electron chi connectivity index (χ3n) is 4.87. The first-order valence-corrected chi connectivity index (χ1v) is 8.61. The average molecular weight is 318 g/mol. The van der Waals surface area contributed by atoms with Gasteiger partial charge >= 0.3 is 0 Å². The Morgan fingerprint density at radius 3 is 2.70 bits per heavy atom. The van der Waals surface area contributed by atoms with E-state index >= 15 is 0 Å². The summed E-state index contributed by atoms with van der Waals surface area (Å²) in [5.41, 5.74) is 0.794. The number of hydrogen-bond acceptors (Lipinski definition) is 3.